The van der Waals surface area contributed by atoms with Crippen LogP contribution in [0.25, 0.3) is 0 Å². The van der Waals surface area contributed by atoms with Gasteiger partial charge in [-0.15, -0.1) is 0 Å². The van der Waals surface area contributed by atoms with Crippen molar-refractivity contribution < 1.29 is 19.7 Å². The van der Waals surface area contributed by atoms with E-state index in [0.717, 1.165) is 5.56 Å². The van der Waals surface area contributed by atoms with Gasteiger partial charge in [0.05, 0.1) is 12.2 Å². The molecule has 0 aliphatic rings. The van der Waals surface area contributed by atoms with Crippen LogP contribution in [-0.4, -0.2) is 35.1 Å². The van der Waals surface area contributed by atoms with Crippen molar-refractivity contribution in [3.8, 4) is 0 Å². The lowest BCUT2D eigenvalue weighted by Crippen LogP contribution is -2.32. The fraction of sp³-hybridized carbons (Fsp3) is 0.500. The molecule has 0 aliphatic carbocycles. The summed E-state index contributed by atoms with van der Waals surface area (Å²) >= 11 is 0. The molecule has 5 nitrogen and oxygen atoms in total. The average Bonchev–Trinajstić information content (AvgIpc) is 2.45. The van der Waals surface area contributed by atoms with Gasteiger partial charge in [0.1, 0.15) is 6.61 Å². The molecular weight excluding hydrogens is 246 g/mol. The summed E-state index contributed by atoms with van der Waals surface area (Å²) in [5.41, 5.74) is 0.916. The molecule has 0 fully saturated rings. The maximum Gasteiger partial charge on any atom is 0.407 e. The van der Waals surface area contributed by atoms with Gasteiger partial charge >= 0.3 is 6.09 Å². The third-order valence-electron chi connectivity index (χ3n) is 2.78. The lowest BCUT2D eigenvalue weighted by molar-refractivity contribution is 0.0130. The van der Waals surface area contributed by atoms with Gasteiger partial charge in [0.2, 0.25) is 0 Å². The van der Waals surface area contributed by atoms with E-state index in [2.05, 4.69) is 5.32 Å². The number of hydrogen-bond donors (Lipinski definition) is 3. The van der Waals surface area contributed by atoms with Crippen molar-refractivity contribution in [2.75, 3.05) is 6.54 Å². The van der Waals surface area contributed by atoms with Gasteiger partial charge in [-0.1, -0.05) is 37.3 Å². The number of hydrogen-bond acceptors (Lipinski definition) is 4. The summed E-state index contributed by atoms with van der Waals surface area (Å²) in [5, 5.41) is 21.4. The van der Waals surface area contributed by atoms with Crippen LogP contribution in [0.15, 0.2) is 30.3 Å². The second-order valence-corrected chi connectivity index (χ2v) is 4.32. The minimum atomic E-state index is -0.820. The molecule has 0 bridgehead atoms. The van der Waals surface area contributed by atoms with E-state index in [9.17, 15) is 15.0 Å². The monoisotopic (exact) mass is 267 g/mol. The molecule has 0 saturated heterocycles. The summed E-state index contributed by atoms with van der Waals surface area (Å²) in [6.07, 6.45) is -1.31. The standard InChI is InChI=1S/C14H21NO4/c1-2-12(16)13(17)8-9-15-14(18)19-10-11-6-4-3-5-7-11/h3-7,12-13,16-17H,2,8-10H2,1H3,(H,15,18)/t12-,13+/m1/s1. The number of carbonyl (C=O) groups is 1. The summed E-state index contributed by atoms with van der Waals surface area (Å²) < 4.78 is 5.00. The number of ether oxygens (including phenoxy) is 1. The molecule has 0 saturated carbocycles. The molecule has 0 heterocycles. The highest BCUT2D eigenvalue weighted by molar-refractivity contribution is 5.67. The minimum absolute atomic E-state index is 0.215. The highest BCUT2D eigenvalue weighted by atomic mass is 16.5. The zero-order valence-electron chi connectivity index (χ0n) is 11.1. The van der Waals surface area contributed by atoms with Crippen molar-refractivity contribution in [2.45, 2.75) is 38.6 Å². The molecule has 0 unspecified atom stereocenters. The van der Waals surface area contributed by atoms with Gasteiger partial charge in [-0.3, -0.25) is 0 Å². The van der Waals surface area contributed by atoms with Crippen LogP contribution in [0.4, 0.5) is 4.79 Å². The number of nitrogens with one attached hydrogen (secondary N) is 1. The Bertz CT molecular complexity index is 369. The van der Waals surface area contributed by atoms with Crippen LogP contribution in [0.5, 0.6) is 0 Å². The van der Waals surface area contributed by atoms with Crippen molar-refractivity contribution >= 4 is 6.09 Å². The molecule has 2 atom stereocenters. The van der Waals surface area contributed by atoms with Crippen LogP contribution in [-0.2, 0) is 11.3 Å². The minimum Gasteiger partial charge on any atom is -0.445 e. The average molecular weight is 267 g/mol. The zero-order chi connectivity index (χ0) is 14.1. The Hall–Kier alpha value is -1.59. The number of alkyl carbamates (subject to hydrolysis) is 1. The van der Waals surface area contributed by atoms with Gasteiger partial charge in [0.15, 0.2) is 0 Å². The summed E-state index contributed by atoms with van der Waals surface area (Å²) in [5.74, 6) is 0. The van der Waals surface area contributed by atoms with Crippen molar-refractivity contribution in [3.05, 3.63) is 35.9 Å². The van der Waals surface area contributed by atoms with Crippen LogP contribution in [0.2, 0.25) is 0 Å². The number of aliphatic hydroxyl groups excluding tert-OH is 2. The van der Waals surface area contributed by atoms with E-state index in [1.54, 1.807) is 6.92 Å². The second-order valence-electron chi connectivity index (χ2n) is 4.32. The Labute approximate surface area is 113 Å². The Kier molecular flexibility index (Phi) is 6.92. The molecule has 5 heteroatoms. The maximum absolute atomic E-state index is 11.4. The Morgan fingerprint density at radius 3 is 2.58 bits per heavy atom. The van der Waals surface area contributed by atoms with Crippen molar-refractivity contribution in [3.63, 3.8) is 0 Å². The van der Waals surface area contributed by atoms with Crippen molar-refractivity contribution in [1.82, 2.24) is 5.32 Å². The molecule has 1 aromatic carbocycles. The van der Waals surface area contributed by atoms with Crippen molar-refractivity contribution in [2.24, 2.45) is 0 Å². The van der Waals surface area contributed by atoms with E-state index in [1.165, 1.54) is 0 Å². The van der Waals surface area contributed by atoms with Gasteiger partial charge < -0.3 is 20.3 Å². The largest absolute Gasteiger partial charge is 0.445 e. The molecule has 1 aromatic rings. The highest BCUT2D eigenvalue weighted by Gasteiger charge is 2.14. The lowest BCUT2D eigenvalue weighted by Gasteiger charge is -2.16. The van der Waals surface area contributed by atoms with Crippen LogP contribution >= 0.6 is 0 Å². The van der Waals surface area contributed by atoms with Gasteiger partial charge in [0, 0.05) is 6.54 Å². The predicted molar refractivity (Wildman–Crippen MR) is 71.6 cm³/mol. The van der Waals surface area contributed by atoms with Crippen LogP contribution in [0.3, 0.4) is 0 Å². The van der Waals surface area contributed by atoms with Crippen LogP contribution < -0.4 is 5.32 Å². The van der Waals surface area contributed by atoms with Gasteiger partial charge in [-0.05, 0) is 18.4 Å². The molecule has 1 rings (SSSR count). The van der Waals surface area contributed by atoms with Crippen molar-refractivity contribution in [1.29, 1.82) is 0 Å². The molecule has 0 aromatic heterocycles. The topological polar surface area (TPSA) is 78.8 Å². The van der Waals surface area contributed by atoms with E-state index >= 15 is 0 Å². The Balaban J connectivity index is 2.15. The summed E-state index contributed by atoms with van der Waals surface area (Å²) in [4.78, 5) is 11.4. The van der Waals surface area contributed by atoms with E-state index in [-0.39, 0.29) is 13.2 Å². The third kappa shape index (κ3) is 6.22. The first-order valence-corrected chi connectivity index (χ1v) is 6.44. The van der Waals surface area contributed by atoms with E-state index in [0.29, 0.717) is 12.8 Å². The quantitative estimate of drug-likeness (QED) is 0.698. The van der Waals surface area contributed by atoms with Gasteiger partial charge in [0.25, 0.3) is 0 Å². The zero-order valence-corrected chi connectivity index (χ0v) is 11.1. The second kappa shape index (κ2) is 8.50. The first-order valence-electron chi connectivity index (χ1n) is 6.44. The molecule has 106 valence electrons. The van der Waals surface area contributed by atoms with E-state index in [4.69, 9.17) is 4.74 Å². The van der Waals surface area contributed by atoms with E-state index < -0.39 is 18.3 Å². The molecular formula is C14H21NO4. The first kappa shape index (κ1) is 15.5. The first-order chi connectivity index (χ1) is 9.13. The summed E-state index contributed by atoms with van der Waals surface area (Å²) in [6.45, 7) is 2.27. The normalized spacial score (nSPS) is 13.6. The third-order valence-corrected chi connectivity index (χ3v) is 2.78. The number of rotatable bonds is 7. The van der Waals surface area contributed by atoms with Gasteiger partial charge in [-0.2, -0.15) is 0 Å². The highest BCUT2D eigenvalue weighted by Crippen LogP contribution is 2.02. The summed E-state index contributed by atoms with van der Waals surface area (Å²) in [6, 6.07) is 9.38. The Morgan fingerprint density at radius 2 is 1.95 bits per heavy atom. The molecule has 0 aliphatic heterocycles. The predicted octanol–water partition coefficient (Wildman–Crippen LogP) is 1.43. The molecule has 0 radical (unpaired) electrons. The number of benzene rings is 1. The Morgan fingerprint density at radius 1 is 1.26 bits per heavy atom. The molecule has 3 N–H and O–H groups in total. The SMILES string of the molecule is CC[C@@H](O)[C@@H](O)CCNC(=O)OCc1ccccc1. The number of carbonyl (C=O) groups excluding carboxylic acids is 1. The fourth-order valence-electron chi connectivity index (χ4n) is 1.56. The number of amides is 1. The lowest BCUT2D eigenvalue weighted by atomic mass is 10.1. The number of aliphatic hydroxyl groups is 2. The molecule has 19 heavy (non-hydrogen) atoms. The summed E-state index contributed by atoms with van der Waals surface area (Å²) in [7, 11) is 0. The molecule has 1 amide bonds. The van der Waals surface area contributed by atoms with Crippen LogP contribution in [0.1, 0.15) is 25.3 Å². The fourth-order valence-corrected chi connectivity index (χ4v) is 1.56. The van der Waals surface area contributed by atoms with E-state index in [1.807, 2.05) is 30.3 Å². The van der Waals surface area contributed by atoms with Crippen LogP contribution in [0, 0.1) is 0 Å². The smallest absolute Gasteiger partial charge is 0.407 e. The maximum atomic E-state index is 11.4. The van der Waals surface area contributed by atoms with Gasteiger partial charge in [-0.25, -0.2) is 4.79 Å². The molecule has 0 spiro atoms.